The minimum absolute atomic E-state index is 0.0245. The van der Waals surface area contributed by atoms with Crippen LogP contribution in [0.5, 0.6) is 0 Å². The van der Waals surface area contributed by atoms with E-state index in [9.17, 15) is 12.8 Å². The third-order valence-corrected chi connectivity index (χ3v) is 5.68. The second-order valence-electron chi connectivity index (χ2n) is 4.22. The lowest BCUT2D eigenvalue weighted by molar-refractivity contribution is 0.392. The van der Waals surface area contributed by atoms with Gasteiger partial charge in [0.15, 0.2) is 0 Å². The molecule has 2 rings (SSSR count). The van der Waals surface area contributed by atoms with Crippen LogP contribution < -0.4 is 5.73 Å². The standard InChI is InChI=1S/C11H14BrFN2O2S/c12-10-4-3-9(6-11(10)13)18(16,17)15-5-1-2-8(15)7-14/h3-4,6,8H,1-2,5,7,14H2/t8-/m0/s1. The van der Waals surface area contributed by atoms with Gasteiger partial charge in [0.05, 0.1) is 9.37 Å². The number of hydrogen-bond donors (Lipinski definition) is 1. The average molecular weight is 337 g/mol. The van der Waals surface area contributed by atoms with Crippen LogP contribution in [0.25, 0.3) is 0 Å². The van der Waals surface area contributed by atoms with E-state index in [0.717, 1.165) is 18.9 Å². The maximum absolute atomic E-state index is 13.4. The number of nitrogens with two attached hydrogens (primary N) is 1. The Bertz CT molecular complexity index is 550. The molecule has 7 heteroatoms. The Morgan fingerprint density at radius 1 is 1.50 bits per heavy atom. The van der Waals surface area contributed by atoms with Crippen LogP contribution in [0, 0.1) is 5.82 Å². The smallest absolute Gasteiger partial charge is 0.243 e. The van der Waals surface area contributed by atoms with Crippen LogP contribution >= 0.6 is 15.9 Å². The van der Waals surface area contributed by atoms with E-state index in [0.29, 0.717) is 6.54 Å². The van der Waals surface area contributed by atoms with Gasteiger partial charge in [-0.05, 0) is 47.0 Å². The second-order valence-corrected chi connectivity index (χ2v) is 6.97. The van der Waals surface area contributed by atoms with Crippen molar-refractivity contribution < 1.29 is 12.8 Å². The molecule has 4 nitrogen and oxygen atoms in total. The molecule has 1 heterocycles. The minimum atomic E-state index is -3.65. The van der Waals surface area contributed by atoms with E-state index in [-0.39, 0.29) is 22.0 Å². The zero-order valence-electron chi connectivity index (χ0n) is 9.64. The first kappa shape index (κ1) is 13.9. The maximum atomic E-state index is 13.4. The molecule has 1 saturated heterocycles. The van der Waals surface area contributed by atoms with Crippen LogP contribution in [-0.4, -0.2) is 31.9 Å². The molecule has 0 unspecified atom stereocenters. The Hall–Kier alpha value is -0.500. The summed E-state index contributed by atoms with van der Waals surface area (Å²) >= 11 is 3.00. The predicted octanol–water partition coefficient (Wildman–Crippen LogP) is 1.70. The number of nitrogens with zero attached hydrogens (tertiary/aromatic N) is 1. The van der Waals surface area contributed by atoms with E-state index in [4.69, 9.17) is 5.73 Å². The highest BCUT2D eigenvalue weighted by Gasteiger charge is 2.34. The summed E-state index contributed by atoms with van der Waals surface area (Å²) in [6.45, 7) is 0.736. The molecule has 18 heavy (non-hydrogen) atoms. The van der Waals surface area contributed by atoms with Gasteiger partial charge in [-0.2, -0.15) is 4.31 Å². The van der Waals surface area contributed by atoms with Gasteiger partial charge in [-0.25, -0.2) is 12.8 Å². The summed E-state index contributed by atoms with van der Waals surface area (Å²) in [5, 5.41) is 0. The summed E-state index contributed by atoms with van der Waals surface area (Å²) in [6, 6.07) is 3.65. The molecule has 1 atom stereocenters. The fraction of sp³-hybridized carbons (Fsp3) is 0.455. The zero-order chi connectivity index (χ0) is 13.3. The highest BCUT2D eigenvalue weighted by molar-refractivity contribution is 9.10. The van der Waals surface area contributed by atoms with Gasteiger partial charge in [0.2, 0.25) is 10.0 Å². The molecule has 1 fully saturated rings. The molecule has 2 N–H and O–H groups in total. The highest BCUT2D eigenvalue weighted by Crippen LogP contribution is 2.27. The van der Waals surface area contributed by atoms with Crippen molar-refractivity contribution in [2.45, 2.75) is 23.8 Å². The molecular weight excluding hydrogens is 323 g/mol. The number of benzene rings is 1. The van der Waals surface area contributed by atoms with E-state index in [1.807, 2.05) is 0 Å². The third-order valence-electron chi connectivity index (χ3n) is 3.09. The first-order valence-electron chi connectivity index (χ1n) is 5.64. The summed E-state index contributed by atoms with van der Waals surface area (Å²) in [6.07, 6.45) is 1.55. The summed E-state index contributed by atoms with van der Waals surface area (Å²) in [4.78, 5) is -0.0245. The van der Waals surface area contributed by atoms with Gasteiger partial charge in [-0.3, -0.25) is 0 Å². The molecule has 1 aromatic rings. The van der Waals surface area contributed by atoms with Crippen molar-refractivity contribution in [3.05, 3.63) is 28.5 Å². The maximum Gasteiger partial charge on any atom is 0.243 e. The molecular formula is C11H14BrFN2O2S. The van der Waals surface area contributed by atoms with Crippen molar-refractivity contribution >= 4 is 26.0 Å². The molecule has 100 valence electrons. The molecule has 0 saturated carbocycles. The molecule has 0 amide bonds. The Morgan fingerprint density at radius 3 is 2.83 bits per heavy atom. The summed E-state index contributed by atoms with van der Waals surface area (Å²) < 4.78 is 39.8. The molecule has 0 radical (unpaired) electrons. The van der Waals surface area contributed by atoms with Crippen LogP contribution in [0.1, 0.15) is 12.8 Å². The van der Waals surface area contributed by atoms with Gasteiger partial charge in [-0.1, -0.05) is 0 Å². The van der Waals surface area contributed by atoms with Crippen molar-refractivity contribution in [3.8, 4) is 0 Å². The predicted molar refractivity (Wildman–Crippen MR) is 70.1 cm³/mol. The van der Waals surface area contributed by atoms with Gasteiger partial charge < -0.3 is 5.73 Å². The Balaban J connectivity index is 2.38. The van der Waals surface area contributed by atoms with E-state index >= 15 is 0 Å². The Kier molecular flexibility index (Phi) is 4.05. The van der Waals surface area contributed by atoms with Gasteiger partial charge in [-0.15, -0.1) is 0 Å². The lowest BCUT2D eigenvalue weighted by Crippen LogP contribution is -2.39. The Morgan fingerprint density at radius 2 is 2.22 bits per heavy atom. The van der Waals surface area contributed by atoms with Crippen molar-refractivity contribution in [2.75, 3.05) is 13.1 Å². The lowest BCUT2D eigenvalue weighted by Gasteiger charge is -2.22. The number of hydrogen-bond acceptors (Lipinski definition) is 3. The van der Waals surface area contributed by atoms with Crippen LogP contribution in [0.3, 0.4) is 0 Å². The lowest BCUT2D eigenvalue weighted by atomic mass is 10.2. The molecule has 1 aliphatic rings. The monoisotopic (exact) mass is 336 g/mol. The largest absolute Gasteiger partial charge is 0.329 e. The van der Waals surface area contributed by atoms with E-state index in [1.54, 1.807) is 0 Å². The summed E-state index contributed by atoms with van der Waals surface area (Å²) in [5.41, 5.74) is 5.57. The van der Waals surface area contributed by atoms with E-state index < -0.39 is 15.8 Å². The second kappa shape index (κ2) is 5.24. The van der Waals surface area contributed by atoms with Crippen LogP contribution in [0.4, 0.5) is 4.39 Å². The fourth-order valence-electron chi connectivity index (χ4n) is 2.13. The average Bonchev–Trinajstić information content (AvgIpc) is 2.81. The number of rotatable bonds is 3. The fourth-order valence-corrected chi connectivity index (χ4v) is 4.10. The minimum Gasteiger partial charge on any atom is -0.329 e. The van der Waals surface area contributed by atoms with Gasteiger partial charge in [0.25, 0.3) is 0 Å². The molecule has 0 aliphatic carbocycles. The highest BCUT2D eigenvalue weighted by atomic mass is 79.9. The van der Waals surface area contributed by atoms with Gasteiger partial charge in [0.1, 0.15) is 5.82 Å². The number of halogens is 2. The van der Waals surface area contributed by atoms with Crippen molar-refractivity contribution in [1.29, 1.82) is 0 Å². The van der Waals surface area contributed by atoms with Crippen molar-refractivity contribution in [1.82, 2.24) is 4.31 Å². The molecule has 0 bridgehead atoms. The number of sulfonamides is 1. The molecule has 1 aromatic carbocycles. The SMILES string of the molecule is NC[C@@H]1CCCN1S(=O)(=O)c1ccc(Br)c(F)c1. The van der Waals surface area contributed by atoms with Gasteiger partial charge in [0, 0.05) is 19.1 Å². The summed E-state index contributed by atoms with van der Waals surface area (Å²) in [5.74, 6) is -0.584. The normalized spacial score (nSPS) is 21.4. The third kappa shape index (κ3) is 2.45. The van der Waals surface area contributed by atoms with Crippen LogP contribution in [0.15, 0.2) is 27.6 Å². The quantitative estimate of drug-likeness (QED) is 0.913. The van der Waals surface area contributed by atoms with E-state index in [1.165, 1.54) is 16.4 Å². The molecule has 0 aromatic heterocycles. The topological polar surface area (TPSA) is 63.4 Å². The van der Waals surface area contributed by atoms with Crippen LogP contribution in [-0.2, 0) is 10.0 Å². The van der Waals surface area contributed by atoms with Crippen molar-refractivity contribution in [2.24, 2.45) is 5.73 Å². The van der Waals surface area contributed by atoms with Gasteiger partial charge >= 0.3 is 0 Å². The molecule has 1 aliphatic heterocycles. The van der Waals surface area contributed by atoms with E-state index in [2.05, 4.69) is 15.9 Å². The summed E-state index contributed by atoms with van der Waals surface area (Å²) in [7, 11) is -3.65. The first-order valence-corrected chi connectivity index (χ1v) is 7.87. The van der Waals surface area contributed by atoms with Crippen molar-refractivity contribution in [3.63, 3.8) is 0 Å². The Labute approximate surface area is 114 Å². The first-order chi connectivity index (χ1) is 8.46. The zero-order valence-corrected chi connectivity index (χ0v) is 12.0. The van der Waals surface area contributed by atoms with Crippen LogP contribution in [0.2, 0.25) is 0 Å². The molecule has 0 spiro atoms.